The number of aromatic hydroxyl groups is 1. The van der Waals surface area contributed by atoms with E-state index in [1.807, 2.05) is 49.4 Å². The molecule has 3 aromatic rings. The van der Waals surface area contributed by atoms with Crippen LogP contribution in [0.3, 0.4) is 0 Å². The molecule has 6 heteroatoms. The number of para-hydroxylation sites is 1. The number of aromatic amines is 1. The Bertz CT molecular complexity index is 1020. The van der Waals surface area contributed by atoms with Crippen LogP contribution in [-0.2, 0) is 4.84 Å². The highest BCUT2D eigenvalue weighted by Crippen LogP contribution is 2.35. The van der Waals surface area contributed by atoms with Crippen molar-refractivity contribution < 1.29 is 15.1 Å². The van der Waals surface area contributed by atoms with Gasteiger partial charge in [-0.15, -0.1) is 0 Å². The largest absolute Gasteiger partial charge is 0.494 e. The normalized spacial score (nSPS) is 14.8. The molecule has 0 aliphatic carbocycles. The summed E-state index contributed by atoms with van der Waals surface area (Å²) >= 11 is 0. The second kappa shape index (κ2) is 6.07. The van der Waals surface area contributed by atoms with Crippen LogP contribution in [0.1, 0.15) is 16.7 Å². The summed E-state index contributed by atoms with van der Waals surface area (Å²) in [5.74, 6) is 0.0435. The Kier molecular flexibility index (Phi) is 3.74. The average molecular weight is 335 g/mol. The van der Waals surface area contributed by atoms with Gasteiger partial charge in [0.2, 0.25) is 0 Å². The number of hydrogen-bond acceptors (Lipinski definition) is 5. The van der Waals surface area contributed by atoms with E-state index in [-0.39, 0.29) is 19.1 Å². The van der Waals surface area contributed by atoms with Gasteiger partial charge in [0, 0.05) is 16.5 Å². The Morgan fingerprint density at radius 2 is 2.04 bits per heavy atom. The number of aromatic nitrogens is 1. The maximum Gasteiger partial charge on any atom is 0.199 e. The lowest BCUT2D eigenvalue weighted by Crippen LogP contribution is -2.14. The summed E-state index contributed by atoms with van der Waals surface area (Å²) in [4.78, 5) is 12.8. The van der Waals surface area contributed by atoms with E-state index in [4.69, 9.17) is 9.94 Å². The number of oxime groups is 1. The second-order valence-electron chi connectivity index (χ2n) is 5.87. The van der Waals surface area contributed by atoms with E-state index >= 15 is 0 Å². The molecule has 25 heavy (non-hydrogen) atoms. The van der Waals surface area contributed by atoms with Crippen LogP contribution in [0.4, 0.5) is 5.69 Å². The number of fused-ring (bicyclic) bond motifs is 2. The van der Waals surface area contributed by atoms with Crippen LogP contribution in [0.5, 0.6) is 5.88 Å². The molecule has 0 saturated heterocycles. The molecule has 0 bridgehead atoms. The second-order valence-corrected chi connectivity index (χ2v) is 5.87. The third-order valence-corrected chi connectivity index (χ3v) is 4.13. The lowest BCUT2D eigenvalue weighted by molar-refractivity contribution is 0.0992. The zero-order valence-corrected chi connectivity index (χ0v) is 13.7. The standard InChI is InChI=1S/C19H17N3O3/c1-11-6-7-15-13(10-11)16(19(24)21-15)18-17(22-25-9-8-23)12-4-2-3-5-14(12)20-18/h2-7,10,21,23-24H,8-9H2,1H3/b22-17+. The fraction of sp³-hybridized carbons (Fsp3) is 0.158. The van der Waals surface area contributed by atoms with Gasteiger partial charge < -0.3 is 20.0 Å². The van der Waals surface area contributed by atoms with Gasteiger partial charge in [-0.25, -0.2) is 4.99 Å². The molecule has 1 aromatic heterocycles. The van der Waals surface area contributed by atoms with Crippen molar-refractivity contribution in [3.8, 4) is 5.88 Å². The van der Waals surface area contributed by atoms with E-state index < -0.39 is 0 Å². The number of nitrogens with one attached hydrogen (secondary N) is 1. The third-order valence-electron chi connectivity index (χ3n) is 4.13. The van der Waals surface area contributed by atoms with E-state index in [9.17, 15) is 5.11 Å². The molecule has 3 N–H and O–H groups in total. The van der Waals surface area contributed by atoms with Crippen LogP contribution in [0.2, 0.25) is 0 Å². The van der Waals surface area contributed by atoms with Crippen LogP contribution in [0.15, 0.2) is 52.6 Å². The monoisotopic (exact) mass is 335 g/mol. The molecule has 2 heterocycles. The molecule has 4 rings (SSSR count). The van der Waals surface area contributed by atoms with Crippen molar-refractivity contribution in [1.29, 1.82) is 0 Å². The molecular weight excluding hydrogens is 318 g/mol. The number of aryl methyl sites for hydroxylation is 1. The molecule has 126 valence electrons. The smallest absolute Gasteiger partial charge is 0.199 e. The number of hydrogen-bond donors (Lipinski definition) is 3. The summed E-state index contributed by atoms with van der Waals surface area (Å²) < 4.78 is 0. The van der Waals surface area contributed by atoms with Crippen LogP contribution in [0, 0.1) is 6.92 Å². The highest BCUT2D eigenvalue weighted by molar-refractivity contribution is 6.58. The average Bonchev–Trinajstić information content (AvgIpc) is 3.11. The Labute approximate surface area is 144 Å². The SMILES string of the molecule is Cc1ccc2[nH]c(O)c(C3=Nc4ccccc4/C3=N\OCCO)c2c1. The highest BCUT2D eigenvalue weighted by Gasteiger charge is 2.29. The highest BCUT2D eigenvalue weighted by atomic mass is 16.6. The number of benzene rings is 2. The quantitative estimate of drug-likeness (QED) is 0.506. The lowest BCUT2D eigenvalue weighted by atomic mass is 10.0. The summed E-state index contributed by atoms with van der Waals surface area (Å²) in [6.07, 6.45) is 0. The first-order valence-electron chi connectivity index (χ1n) is 8.00. The Morgan fingerprint density at radius 3 is 2.88 bits per heavy atom. The maximum atomic E-state index is 10.5. The van der Waals surface area contributed by atoms with E-state index in [0.717, 1.165) is 27.7 Å². The molecule has 0 radical (unpaired) electrons. The first-order chi connectivity index (χ1) is 12.2. The summed E-state index contributed by atoms with van der Waals surface area (Å²) in [6.45, 7) is 1.97. The molecule has 2 aromatic carbocycles. The molecular formula is C19H17N3O3. The van der Waals surface area contributed by atoms with Gasteiger partial charge in [0.15, 0.2) is 5.88 Å². The van der Waals surface area contributed by atoms with Crippen LogP contribution >= 0.6 is 0 Å². The Balaban J connectivity index is 1.91. The molecule has 0 fully saturated rings. The van der Waals surface area contributed by atoms with Gasteiger partial charge in [0.25, 0.3) is 0 Å². The van der Waals surface area contributed by atoms with E-state index in [2.05, 4.69) is 15.1 Å². The maximum absolute atomic E-state index is 10.5. The number of rotatable bonds is 4. The molecule has 0 amide bonds. The van der Waals surface area contributed by atoms with E-state index in [0.29, 0.717) is 17.0 Å². The summed E-state index contributed by atoms with van der Waals surface area (Å²) in [5, 5.41) is 24.5. The number of aliphatic imine (C=N–C) groups is 1. The summed E-state index contributed by atoms with van der Waals surface area (Å²) in [5.41, 5.74) is 5.20. The molecule has 0 unspecified atom stereocenters. The fourth-order valence-electron chi connectivity index (χ4n) is 3.02. The van der Waals surface area contributed by atoms with E-state index in [1.54, 1.807) is 0 Å². The number of aliphatic hydroxyl groups is 1. The number of aliphatic hydroxyl groups excluding tert-OH is 1. The third kappa shape index (κ3) is 2.56. The molecule has 0 spiro atoms. The first kappa shape index (κ1) is 15.4. The van der Waals surface area contributed by atoms with Gasteiger partial charge in [0.1, 0.15) is 18.0 Å². The zero-order chi connectivity index (χ0) is 17.4. The van der Waals surface area contributed by atoms with Crippen LogP contribution < -0.4 is 0 Å². The van der Waals surface area contributed by atoms with Gasteiger partial charge in [-0.1, -0.05) is 35.0 Å². The van der Waals surface area contributed by atoms with E-state index in [1.165, 1.54) is 0 Å². The topological polar surface area (TPSA) is 90.2 Å². The molecule has 0 atom stereocenters. The minimum absolute atomic E-state index is 0.0435. The van der Waals surface area contributed by atoms with Crippen molar-refractivity contribution in [3.63, 3.8) is 0 Å². The van der Waals surface area contributed by atoms with Crippen molar-refractivity contribution in [2.24, 2.45) is 10.1 Å². The predicted molar refractivity (Wildman–Crippen MR) is 96.9 cm³/mol. The van der Waals surface area contributed by atoms with Crippen molar-refractivity contribution in [2.75, 3.05) is 13.2 Å². The van der Waals surface area contributed by atoms with Gasteiger partial charge in [-0.05, 0) is 25.1 Å². The van der Waals surface area contributed by atoms with Crippen molar-refractivity contribution >= 4 is 28.0 Å². The molecule has 0 saturated carbocycles. The van der Waals surface area contributed by atoms with Crippen molar-refractivity contribution in [1.82, 2.24) is 4.98 Å². The minimum atomic E-state index is -0.123. The predicted octanol–water partition coefficient (Wildman–Crippen LogP) is 3.03. The summed E-state index contributed by atoms with van der Waals surface area (Å²) in [6, 6.07) is 13.5. The minimum Gasteiger partial charge on any atom is -0.494 e. The molecule has 6 nitrogen and oxygen atoms in total. The number of nitrogens with zero attached hydrogens (tertiary/aromatic N) is 2. The van der Waals surface area contributed by atoms with Crippen molar-refractivity contribution in [3.05, 3.63) is 59.2 Å². The van der Waals surface area contributed by atoms with Gasteiger partial charge in [0.05, 0.1) is 17.9 Å². The number of H-pyrrole nitrogens is 1. The Hall–Kier alpha value is -3.12. The molecule has 1 aliphatic heterocycles. The Morgan fingerprint density at radius 1 is 1.20 bits per heavy atom. The fourth-order valence-corrected chi connectivity index (χ4v) is 3.02. The van der Waals surface area contributed by atoms with Gasteiger partial charge in [-0.2, -0.15) is 0 Å². The molecule has 1 aliphatic rings. The van der Waals surface area contributed by atoms with Crippen LogP contribution in [-0.4, -0.2) is 39.8 Å². The first-order valence-corrected chi connectivity index (χ1v) is 8.00. The lowest BCUT2D eigenvalue weighted by Gasteiger charge is -2.05. The van der Waals surface area contributed by atoms with Gasteiger partial charge in [-0.3, -0.25) is 0 Å². The van der Waals surface area contributed by atoms with Gasteiger partial charge >= 0.3 is 0 Å². The zero-order valence-electron chi connectivity index (χ0n) is 13.7. The van der Waals surface area contributed by atoms with Crippen LogP contribution in [0.25, 0.3) is 10.9 Å². The summed E-state index contributed by atoms with van der Waals surface area (Å²) in [7, 11) is 0. The van der Waals surface area contributed by atoms with Crippen molar-refractivity contribution in [2.45, 2.75) is 6.92 Å².